The predicted molar refractivity (Wildman–Crippen MR) is 76.9 cm³/mol. The second-order valence-electron chi connectivity index (χ2n) is 2.84. The molecule has 17 heavy (non-hydrogen) atoms. The number of hydrogen-bond acceptors (Lipinski definition) is 5. The highest BCUT2D eigenvalue weighted by Crippen LogP contribution is 1.93. The first-order valence-corrected chi connectivity index (χ1v) is 5.62. The number of nitrogens with one attached hydrogen (secondary N) is 2. The molecule has 0 rings (SSSR count). The molecule has 0 radical (unpaired) electrons. The lowest BCUT2D eigenvalue weighted by Crippen LogP contribution is -2.31. The van der Waals surface area contributed by atoms with E-state index in [0.717, 1.165) is 0 Å². The van der Waals surface area contributed by atoms with E-state index >= 15 is 0 Å². The van der Waals surface area contributed by atoms with Crippen molar-refractivity contribution >= 4 is 46.6 Å². The van der Waals surface area contributed by atoms with Crippen molar-refractivity contribution in [3.05, 3.63) is 0 Å². The van der Waals surface area contributed by atoms with Crippen LogP contribution in [0.3, 0.4) is 0 Å². The fraction of sp³-hybridized carbons (Fsp3) is 0.500. The van der Waals surface area contributed by atoms with Crippen LogP contribution in [-0.4, -0.2) is 34.9 Å². The highest BCUT2D eigenvalue weighted by Gasteiger charge is 2.08. The molecule has 0 spiro atoms. The minimum atomic E-state index is -0.265. The normalized spacial score (nSPS) is 13.4. The van der Waals surface area contributed by atoms with Crippen LogP contribution in [0.4, 0.5) is 0 Å². The Hall–Kier alpha value is -1.32. The fourth-order valence-corrected chi connectivity index (χ4v) is 0.940. The van der Waals surface area contributed by atoms with Gasteiger partial charge in [0.2, 0.25) is 0 Å². The molecule has 96 valence electrons. The van der Waals surface area contributed by atoms with E-state index in [9.17, 15) is 0 Å². The molecule has 1 unspecified atom stereocenters. The summed E-state index contributed by atoms with van der Waals surface area (Å²) in [6.45, 7) is 4.24. The average molecular weight is 276 g/mol. The first-order chi connectivity index (χ1) is 7.97. The lowest BCUT2D eigenvalue weighted by Gasteiger charge is -2.11. The molecule has 0 amide bonds. The van der Waals surface area contributed by atoms with Gasteiger partial charge in [-0.3, -0.25) is 10.9 Å². The van der Waals surface area contributed by atoms with Crippen LogP contribution in [0.2, 0.25) is 0 Å². The van der Waals surface area contributed by atoms with Crippen molar-refractivity contribution in [1.29, 1.82) is 0 Å². The van der Waals surface area contributed by atoms with E-state index in [2.05, 4.69) is 45.5 Å². The number of ether oxygens (including phenoxy) is 1. The Balaban J connectivity index is 4.60. The van der Waals surface area contributed by atoms with Gasteiger partial charge in [-0.25, -0.2) is 0 Å². The van der Waals surface area contributed by atoms with Gasteiger partial charge >= 0.3 is 0 Å². The number of nitrogens with zero attached hydrogens (tertiary/aromatic N) is 2. The molecule has 0 saturated carbocycles. The van der Waals surface area contributed by atoms with E-state index in [-0.39, 0.29) is 16.3 Å². The summed E-state index contributed by atoms with van der Waals surface area (Å²) in [6, 6.07) is 0. The van der Waals surface area contributed by atoms with Gasteiger partial charge in [0.1, 0.15) is 11.8 Å². The molecule has 0 bridgehead atoms. The molecule has 0 aliphatic rings. The maximum absolute atomic E-state index is 5.36. The minimum absolute atomic E-state index is 0.0573. The van der Waals surface area contributed by atoms with Crippen LogP contribution in [0, 0.1) is 0 Å². The molecular formula is C8H16N6OS2. The molecule has 0 heterocycles. The molecule has 0 aromatic carbocycles. The predicted octanol–water partition coefficient (Wildman–Crippen LogP) is -0.580. The van der Waals surface area contributed by atoms with E-state index in [1.54, 1.807) is 0 Å². The number of nitrogens with two attached hydrogens (primary N) is 2. The van der Waals surface area contributed by atoms with Crippen molar-refractivity contribution in [1.82, 2.24) is 10.9 Å². The number of rotatable bonds is 6. The fourth-order valence-electron chi connectivity index (χ4n) is 0.842. The number of thiocarbonyl (C=S) groups is 2. The van der Waals surface area contributed by atoms with Gasteiger partial charge in [0.25, 0.3) is 0 Å². The van der Waals surface area contributed by atoms with Crippen molar-refractivity contribution < 1.29 is 4.74 Å². The first kappa shape index (κ1) is 15.7. The zero-order chi connectivity index (χ0) is 13.3. The van der Waals surface area contributed by atoms with Crippen LogP contribution in [-0.2, 0) is 4.74 Å². The maximum Gasteiger partial charge on any atom is 0.184 e. The molecule has 7 nitrogen and oxygen atoms in total. The summed E-state index contributed by atoms with van der Waals surface area (Å²) in [7, 11) is 0. The van der Waals surface area contributed by atoms with Crippen molar-refractivity contribution in [2.24, 2.45) is 21.7 Å². The lowest BCUT2D eigenvalue weighted by molar-refractivity contribution is 0.123. The summed E-state index contributed by atoms with van der Waals surface area (Å²) in [6.07, 6.45) is 1.16. The maximum atomic E-state index is 5.36. The molecule has 0 aromatic heterocycles. The van der Waals surface area contributed by atoms with Crippen LogP contribution < -0.4 is 22.3 Å². The highest BCUT2D eigenvalue weighted by atomic mass is 32.1. The van der Waals surface area contributed by atoms with Gasteiger partial charge in [0.15, 0.2) is 10.2 Å². The van der Waals surface area contributed by atoms with Crippen molar-refractivity contribution in [3.63, 3.8) is 0 Å². The minimum Gasteiger partial charge on any atom is -0.375 e. The van der Waals surface area contributed by atoms with E-state index < -0.39 is 0 Å². The summed E-state index contributed by atoms with van der Waals surface area (Å²) in [5.41, 5.74) is 15.8. The Kier molecular flexibility index (Phi) is 8.11. The van der Waals surface area contributed by atoms with Gasteiger partial charge < -0.3 is 16.2 Å². The average Bonchev–Trinajstić information content (AvgIpc) is 2.22. The summed E-state index contributed by atoms with van der Waals surface area (Å²) in [5, 5.41) is 7.84. The molecule has 0 aliphatic carbocycles. The largest absolute Gasteiger partial charge is 0.375 e. The number of hydrogen-bond donors (Lipinski definition) is 4. The van der Waals surface area contributed by atoms with Crippen molar-refractivity contribution in [3.8, 4) is 0 Å². The van der Waals surface area contributed by atoms with Crippen molar-refractivity contribution in [2.75, 3.05) is 6.61 Å². The smallest absolute Gasteiger partial charge is 0.184 e. The van der Waals surface area contributed by atoms with Crippen LogP contribution in [0.5, 0.6) is 0 Å². The van der Waals surface area contributed by atoms with Gasteiger partial charge in [-0.05, 0) is 38.3 Å². The first-order valence-electron chi connectivity index (χ1n) is 4.80. The van der Waals surface area contributed by atoms with Gasteiger partial charge in [-0.1, -0.05) is 0 Å². The molecular weight excluding hydrogens is 260 g/mol. The molecule has 6 N–H and O–H groups in total. The standard InChI is InChI=1S/C8H16N6OS2/c1-3-15-5(2)6(12-14-8(10)17)4-11-13-7(9)16/h4-5H,3H2,1-2H3,(H3,9,13,16)(H3,10,14,17)/b11-4-,12-6-. The quantitative estimate of drug-likeness (QED) is 0.292. The Labute approximate surface area is 111 Å². The molecule has 1 atom stereocenters. The van der Waals surface area contributed by atoms with Crippen LogP contribution in [0.1, 0.15) is 13.8 Å². The summed E-state index contributed by atoms with van der Waals surface area (Å²) in [4.78, 5) is 0. The summed E-state index contributed by atoms with van der Waals surface area (Å²) in [5.74, 6) is 0. The van der Waals surface area contributed by atoms with Gasteiger partial charge in [0, 0.05) is 6.61 Å². The molecule has 0 aromatic rings. The van der Waals surface area contributed by atoms with Crippen molar-refractivity contribution in [2.45, 2.75) is 20.0 Å². The second kappa shape index (κ2) is 8.79. The Morgan fingerprint density at radius 3 is 2.41 bits per heavy atom. The Morgan fingerprint density at radius 1 is 1.35 bits per heavy atom. The van der Waals surface area contributed by atoms with Crippen LogP contribution in [0.15, 0.2) is 10.2 Å². The summed E-state index contributed by atoms with van der Waals surface area (Å²) >= 11 is 9.23. The Bertz CT molecular complexity index is 330. The molecule has 0 saturated heterocycles. The SMILES string of the molecule is CCOC(C)C(/C=N\NC(N)=S)=N\NC(N)=S. The lowest BCUT2D eigenvalue weighted by atomic mass is 10.2. The zero-order valence-electron chi connectivity index (χ0n) is 9.64. The third-order valence-corrected chi connectivity index (χ3v) is 1.68. The molecule has 9 heteroatoms. The third kappa shape index (κ3) is 8.48. The Morgan fingerprint density at radius 2 is 1.94 bits per heavy atom. The van der Waals surface area contributed by atoms with E-state index in [0.29, 0.717) is 12.3 Å². The highest BCUT2D eigenvalue weighted by molar-refractivity contribution is 7.80. The van der Waals surface area contributed by atoms with Crippen LogP contribution >= 0.6 is 24.4 Å². The zero-order valence-corrected chi connectivity index (χ0v) is 11.3. The van der Waals surface area contributed by atoms with E-state index in [1.807, 2.05) is 13.8 Å². The van der Waals surface area contributed by atoms with E-state index in [1.165, 1.54) is 6.21 Å². The van der Waals surface area contributed by atoms with Crippen LogP contribution in [0.25, 0.3) is 0 Å². The van der Waals surface area contributed by atoms with Gasteiger partial charge in [-0.15, -0.1) is 0 Å². The second-order valence-corrected chi connectivity index (χ2v) is 3.72. The molecule has 0 aliphatic heterocycles. The topological polar surface area (TPSA) is 110 Å². The number of hydrazone groups is 2. The van der Waals surface area contributed by atoms with Gasteiger partial charge in [0.05, 0.1) is 6.21 Å². The third-order valence-electron chi connectivity index (χ3n) is 1.50. The summed E-state index contributed by atoms with van der Waals surface area (Å²) < 4.78 is 5.36. The van der Waals surface area contributed by atoms with E-state index in [4.69, 9.17) is 16.2 Å². The van der Waals surface area contributed by atoms with Gasteiger partial charge in [-0.2, -0.15) is 10.2 Å². The molecule has 0 fully saturated rings. The monoisotopic (exact) mass is 276 g/mol.